The SMILES string of the molecule is CC(O)C1CCN(C(=O)c2ccn(-c3ccccc3Cl)n2)CC1. The van der Waals surface area contributed by atoms with E-state index in [1.807, 2.05) is 25.1 Å². The van der Waals surface area contributed by atoms with Gasteiger partial charge in [0.1, 0.15) is 0 Å². The summed E-state index contributed by atoms with van der Waals surface area (Å²) in [6.07, 6.45) is 3.09. The fourth-order valence-corrected chi connectivity index (χ4v) is 3.18. The van der Waals surface area contributed by atoms with Crippen LogP contribution < -0.4 is 0 Å². The van der Waals surface area contributed by atoms with Gasteiger partial charge in [-0.25, -0.2) is 4.68 Å². The van der Waals surface area contributed by atoms with Crippen molar-refractivity contribution in [3.63, 3.8) is 0 Å². The van der Waals surface area contributed by atoms with Crippen LogP contribution in [0.5, 0.6) is 0 Å². The monoisotopic (exact) mass is 333 g/mol. The predicted octanol–water partition coefficient (Wildman–Crippen LogP) is 2.76. The zero-order valence-corrected chi connectivity index (χ0v) is 13.8. The highest BCUT2D eigenvalue weighted by Crippen LogP contribution is 2.22. The number of carbonyl (C=O) groups is 1. The van der Waals surface area contributed by atoms with Crippen LogP contribution in [0.4, 0.5) is 0 Å². The lowest BCUT2D eigenvalue weighted by molar-refractivity contribution is 0.0516. The van der Waals surface area contributed by atoms with E-state index in [4.69, 9.17) is 11.6 Å². The second-order valence-electron chi connectivity index (χ2n) is 5.97. The van der Waals surface area contributed by atoms with Crippen LogP contribution in [-0.4, -0.2) is 44.9 Å². The highest BCUT2D eigenvalue weighted by molar-refractivity contribution is 6.32. The normalized spacial score (nSPS) is 17.3. The van der Waals surface area contributed by atoms with Gasteiger partial charge >= 0.3 is 0 Å². The summed E-state index contributed by atoms with van der Waals surface area (Å²) in [6.45, 7) is 3.13. The van der Waals surface area contributed by atoms with Gasteiger partial charge < -0.3 is 10.0 Å². The van der Waals surface area contributed by atoms with E-state index in [-0.39, 0.29) is 17.9 Å². The molecule has 0 radical (unpaired) electrons. The molecule has 0 spiro atoms. The van der Waals surface area contributed by atoms with Gasteiger partial charge in [-0.2, -0.15) is 5.10 Å². The Kier molecular flexibility index (Phi) is 4.68. The highest BCUT2D eigenvalue weighted by Gasteiger charge is 2.27. The van der Waals surface area contributed by atoms with Gasteiger partial charge in [0.25, 0.3) is 5.91 Å². The van der Waals surface area contributed by atoms with Crippen molar-refractivity contribution < 1.29 is 9.90 Å². The minimum absolute atomic E-state index is 0.0696. The van der Waals surface area contributed by atoms with Gasteiger partial charge in [0.2, 0.25) is 0 Å². The number of benzene rings is 1. The van der Waals surface area contributed by atoms with Crippen molar-refractivity contribution >= 4 is 17.5 Å². The Morgan fingerprint density at radius 3 is 2.65 bits per heavy atom. The Balaban J connectivity index is 1.71. The minimum atomic E-state index is -0.313. The summed E-state index contributed by atoms with van der Waals surface area (Å²) in [6, 6.07) is 9.10. The maximum Gasteiger partial charge on any atom is 0.274 e. The largest absolute Gasteiger partial charge is 0.393 e. The summed E-state index contributed by atoms with van der Waals surface area (Å²) in [5.74, 6) is 0.208. The topological polar surface area (TPSA) is 58.4 Å². The maximum absolute atomic E-state index is 12.6. The number of hydrogen-bond donors (Lipinski definition) is 1. The molecule has 1 N–H and O–H groups in total. The molecule has 122 valence electrons. The lowest BCUT2D eigenvalue weighted by Crippen LogP contribution is -2.40. The molecule has 1 saturated heterocycles. The summed E-state index contributed by atoms with van der Waals surface area (Å²) in [5.41, 5.74) is 1.17. The van der Waals surface area contributed by atoms with Gasteiger partial charge in [-0.15, -0.1) is 0 Å². The van der Waals surface area contributed by atoms with Gasteiger partial charge in [-0.3, -0.25) is 4.79 Å². The van der Waals surface area contributed by atoms with E-state index in [1.54, 1.807) is 27.9 Å². The summed E-state index contributed by atoms with van der Waals surface area (Å²) >= 11 is 6.16. The molecule has 1 atom stereocenters. The smallest absolute Gasteiger partial charge is 0.274 e. The number of nitrogens with zero attached hydrogens (tertiary/aromatic N) is 3. The molecule has 2 heterocycles. The van der Waals surface area contributed by atoms with E-state index in [2.05, 4.69) is 5.10 Å². The quantitative estimate of drug-likeness (QED) is 0.939. The van der Waals surface area contributed by atoms with Crippen LogP contribution in [0, 0.1) is 5.92 Å². The predicted molar refractivity (Wildman–Crippen MR) is 88.9 cm³/mol. The molecule has 1 fully saturated rings. The molecule has 1 aromatic carbocycles. The van der Waals surface area contributed by atoms with Crippen molar-refractivity contribution in [1.29, 1.82) is 0 Å². The molecule has 0 saturated carbocycles. The van der Waals surface area contributed by atoms with E-state index in [0.717, 1.165) is 18.5 Å². The van der Waals surface area contributed by atoms with E-state index in [0.29, 0.717) is 23.8 Å². The third kappa shape index (κ3) is 3.41. The zero-order valence-electron chi connectivity index (χ0n) is 13.0. The fraction of sp³-hybridized carbons (Fsp3) is 0.412. The summed E-state index contributed by atoms with van der Waals surface area (Å²) in [4.78, 5) is 14.4. The number of carbonyl (C=O) groups excluding carboxylic acids is 1. The first-order chi connectivity index (χ1) is 11.1. The average Bonchev–Trinajstić information content (AvgIpc) is 3.04. The third-order valence-electron chi connectivity index (χ3n) is 4.42. The molecular weight excluding hydrogens is 314 g/mol. The van der Waals surface area contributed by atoms with Crippen LogP contribution in [0.2, 0.25) is 5.02 Å². The van der Waals surface area contributed by atoms with Crippen LogP contribution in [-0.2, 0) is 0 Å². The second kappa shape index (κ2) is 6.72. The molecule has 1 aromatic heterocycles. The Morgan fingerprint density at radius 1 is 1.30 bits per heavy atom. The van der Waals surface area contributed by atoms with Crippen molar-refractivity contribution in [3.8, 4) is 5.69 Å². The Labute approximate surface area is 140 Å². The van der Waals surface area contributed by atoms with Crippen LogP contribution in [0.1, 0.15) is 30.3 Å². The number of halogens is 1. The molecule has 0 bridgehead atoms. The number of piperidine rings is 1. The highest BCUT2D eigenvalue weighted by atomic mass is 35.5. The van der Waals surface area contributed by atoms with Gasteiger partial charge in [-0.1, -0.05) is 23.7 Å². The lowest BCUT2D eigenvalue weighted by Gasteiger charge is -2.32. The molecule has 3 rings (SSSR count). The van der Waals surface area contributed by atoms with E-state index in [9.17, 15) is 9.90 Å². The standard InChI is InChI=1S/C17H20ClN3O2/c1-12(22)13-6-9-20(10-7-13)17(23)15-8-11-21(19-15)16-5-3-2-4-14(16)18/h2-5,8,11-13,22H,6-7,9-10H2,1H3. The van der Waals surface area contributed by atoms with Crippen molar-refractivity contribution in [2.75, 3.05) is 13.1 Å². The van der Waals surface area contributed by atoms with Crippen molar-refractivity contribution in [3.05, 3.63) is 47.2 Å². The zero-order chi connectivity index (χ0) is 16.4. The number of para-hydroxylation sites is 1. The molecule has 6 heteroatoms. The number of hydrogen-bond acceptors (Lipinski definition) is 3. The van der Waals surface area contributed by atoms with E-state index >= 15 is 0 Å². The average molecular weight is 334 g/mol. The molecule has 1 amide bonds. The van der Waals surface area contributed by atoms with Crippen LogP contribution in [0.15, 0.2) is 36.5 Å². The summed E-state index contributed by atoms with van der Waals surface area (Å²) in [5, 5.41) is 14.6. The van der Waals surface area contributed by atoms with Crippen molar-refractivity contribution in [2.24, 2.45) is 5.92 Å². The fourth-order valence-electron chi connectivity index (χ4n) is 2.96. The molecular formula is C17H20ClN3O2. The third-order valence-corrected chi connectivity index (χ3v) is 4.74. The molecule has 5 nitrogen and oxygen atoms in total. The molecule has 1 aliphatic heterocycles. The van der Waals surface area contributed by atoms with Crippen molar-refractivity contribution in [2.45, 2.75) is 25.9 Å². The molecule has 0 aliphatic carbocycles. The first-order valence-corrected chi connectivity index (χ1v) is 8.22. The Bertz CT molecular complexity index is 691. The number of likely N-dealkylation sites (tertiary alicyclic amines) is 1. The Morgan fingerprint density at radius 2 is 2.00 bits per heavy atom. The van der Waals surface area contributed by atoms with Gasteiger partial charge in [0, 0.05) is 19.3 Å². The number of amides is 1. The number of aromatic nitrogens is 2. The second-order valence-corrected chi connectivity index (χ2v) is 6.37. The molecule has 1 unspecified atom stereocenters. The number of aliphatic hydroxyl groups excluding tert-OH is 1. The van der Waals surface area contributed by atoms with Crippen LogP contribution in [0.25, 0.3) is 5.69 Å². The van der Waals surface area contributed by atoms with Crippen LogP contribution in [0.3, 0.4) is 0 Å². The minimum Gasteiger partial charge on any atom is -0.393 e. The van der Waals surface area contributed by atoms with Crippen LogP contribution >= 0.6 is 11.6 Å². The molecule has 1 aliphatic rings. The summed E-state index contributed by atoms with van der Waals surface area (Å²) in [7, 11) is 0. The Hall–Kier alpha value is -1.85. The van der Waals surface area contributed by atoms with Gasteiger partial charge in [-0.05, 0) is 43.9 Å². The molecule has 2 aromatic rings. The number of rotatable bonds is 3. The van der Waals surface area contributed by atoms with Gasteiger partial charge in [0.05, 0.1) is 16.8 Å². The first-order valence-electron chi connectivity index (χ1n) is 7.84. The lowest BCUT2D eigenvalue weighted by atomic mass is 9.92. The first kappa shape index (κ1) is 16.0. The number of aliphatic hydroxyl groups is 1. The maximum atomic E-state index is 12.6. The summed E-state index contributed by atoms with van der Waals surface area (Å²) < 4.78 is 1.62. The van der Waals surface area contributed by atoms with E-state index in [1.165, 1.54) is 0 Å². The van der Waals surface area contributed by atoms with E-state index < -0.39 is 0 Å². The molecule has 23 heavy (non-hydrogen) atoms. The van der Waals surface area contributed by atoms with Gasteiger partial charge in [0.15, 0.2) is 5.69 Å². The van der Waals surface area contributed by atoms with Crippen molar-refractivity contribution in [1.82, 2.24) is 14.7 Å².